The molecule has 0 aliphatic carbocycles. The van der Waals surface area contributed by atoms with Gasteiger partial charge in [0.2, 0.25) is 0 Å². The van der Waals surface area contributed by atoms with Gasteiger partial charge in [0, 0.05) is 5.56 Å². The Morgan fingerprint density at radius 1 is 1.33 bits per heavy atom. The van der Waals surface area contributed by atoms with Crippen molar-refractivity contribution in [2.45, 2.75) is 6.92 Å². The van der Waals surface area contributed by atoms with Gasteiger partial charge in [0.15, 0.2) is 0 Å². The zero-order valence-electron chi connectivity index (χ0n) is 11.1. The standard InChI is InChI=1S/C15H12ClFN2OS/c1-8-3-2-4-10(13(8)16)15(20)19-12-6-5-9(14(18)21)7-11(12)17/h2-7H,1H3,(H2,18,21)(H,19,20). The van der Waals surface area contributed by atoms with E-state index in [2.05, 4.69) is 5.32 Å². The van der Waals surface area contributed by atoms with Crippen molar-refractivity contribution >= 4 is 40.4 Å². The number of carbonyl (C=O) groups excluding carboxylic acids is 1. The largest absolute Gasteiger partial charge is 0.389 e. The zero-order valence-corrected chi connectivity index (χ0v) is 12.7. The van der Waals surface area contributed by atoms with E-state index in [1.54, 1.807) is 31.2 Å². The molecule has 0 heterocycles. The quantitative estimate of drug-likeness (QED) is 0.848. The number of halogens is 2. The van der Waals surface area contributed by atoms with Gasteiger partial charge in [0.25, 0.3) is 5.91 Å². The van der Waals surface area contributed by atoms with E-state index in [0.29, 0.717) is 10.6 Å². The van der Waals surface area contributed by atoms with E-state index in [-0.39, 0.29) is 16.2 Å². The molecule has 3 nitrogen and oxygen atoms in total. The molecule has 0 fully saturated rings. The predicted molar refractivity (Wildman–Crippen MR) is 86.4 cm³/mol. The Kier molecular flexibility index (Phi) is 4.55. The average Bonchev–Trinajstić information content (AvgIpc) is 2.43. The zero-order chi connectivity index (χ0) is 15.6. The molecule has 0 saturated carbocycles. The van der Waals surface area contributed by atoms with Gasteiger partial charge < -0.3 is 11.1 Å². The van der Waals surface area contributed by atoms with Crippen LogP contribution >= 0.6 is 23.8 Å². The Labute approximate surface area is 131 Å². The number of amides is 1. The van der Waals surface area contributed by atoms with Gasteiger partial charge in [-0.1, -0.05) is 36.0 Å². The number of hydrogen-bond acceptors (Lipinski definition) is 2. The smallest absolute Gasteiger partial charge is 0.257 e. The van der Waals surface area contributed by atoms with Crippen LogP contribution in [0.15, 0.2) is 36.4 Å². The second kappa shape index (κ2) is 6.20. The number of hydrogen-bond donors (Lipinski definition) is 2. The summed E-state index contributed by atoms with van der Waals surface area (Å²) in [6.07, 6.45) is 0. The van der Waals surface area contributed by atoms with E-state index in [1.165, 1.54) is 12.1 Å². The summed E-state index contributed by atoms with van der Waals surface area (Å²) in [5, 5.41) is 2.82. The highest BCUT2D eigenvalue weighted by Crippen LogP contribution is 2.22. The van der Waals surface area contributed by atoms with E-state index < -0.39 is 11.7 Å². The van der Waals surface area contributed by atoms with Crippen molar-refractivity contribution in [1.29, 1.82) is 0 Å². The lowest BCUT2D eigenvalue weighted by Gasteiger charge is -2.10. The molecular weight excluding hydrogens is 311 g/mol. The molecule has 0 radical (unpaired) electrons. The molecule has 0 atom stereocenters. The van der Waals surface area contributed by atoms with E-state index in [9.17, 15) is 9.18 Å². The van der Waals surface area contributed by atoms with Crippen molar-refractivity contribution in [2.75, 3.05) is 5.32 Å². The fourth-order valence-electron chi connectivity index (χ4n) is 1.78. The summed E-state index contributed by atoms with van der Waals surface area (Å²) in [5.41, 5.74) is 6.92. The first-order chi connectivity index (χ1) is 9.90. The summed E-state index contributed by atoms with van der Waals surface area (Å²) < 4.78 is 13.9. The summed E-state index contributed by atoms with van der Waals surface area (Å²) in [7, 11) is 0. The lowest BCUT2D eigenvalue weighted by atomic mass is 10.1. The van der Waals surface area contributed by atoms with Crippen molar-refractivity contribution in [2.24, 2.45) is 5.73 Å². The number of nitrogens with one attached hydrogen (secondary N) is 1. The Morgan fingerprint density at radius 3 is 2.67 bits per heavy atom. The number of benzene rings is 2. The number of anilines is 1. The first kappa shape index (κ1) is 15.4. The van der Waals surface area contributed by atoms with E-state index in [4.69, 9.17) is 29.6 Å². The van der Waals surface area contributed by atoms with Crippen LogP contribution in [0.5, 0.6) is 0 Å². The van der Waals surface area contributed by atoms with Gasteiger partial charge in [-0.2, -0.15) is 0 Å². The fourth-order valence-corrected chi connectivity index (χ4v) is 2.12. The summed E-state index contributed by atoms with van der Waals surface area (Å²) in [5.74, 6) is -1.09. The van der Waals surface area contributed by atoms with Crippen LogP contribution < -0.4 is 11.1 Å². The Hall–Kier alpha value is -1.98. The molecular formula is C15H12ClFN2OS. The minimum absolute atomic E-state index is 0.0394. The van der Waals surface area contributed by atoms with Crippen molar-refractivity contribution < 1.29 is 9.18 Å². The highest BCUT2D eigenvalue weighted by Gasteiger charge is 2.14. The van der Waals surface area contributed by atoms with Gasteiger partial charge in [-0.15, -0.1) is 0 Å². The summed E-state index contributed by atoms with van der Waals surface area (Å²) in [6.45, 7) is 1.79. The van der Waals surface area contributed by atoms with Crippen LogP contribution in [0.3, 0.4) is 0 Å². The molecule has 0 spiro atoms. The van der Waals surface area contributed by atoms with Gasteiger partial charge in [0.1, 0.15) is 10.8 Å². The van der Waals surface area contributed by atoms with Crippen LogP contribution in [0, 0.1) is 12.7 Å². The van der Waals surface area contributed by atoms with Crippen LogP contribution in [-0.2, 0) is 0 Å². The van der Waals surface area contributed by atoms with Crippen molar-refractivity contribution in [3.63, 3.8) is 0 Å². The third-order valence-electron chi connectivity index (χ3n) is 2.94. The number of carbonyl (C=O) groups is 1. The van der Waals surface area contributed by atoms with Gasteiger partial charge in [0.05, 0.1) is 16.3 Å². The first-order valence-electron chi connectivity index (χ1n) is 6.06. The Balaban J connectivity index is 2.28. The monoisotopic (exact) mass is 322 g/mol. The lowest BCUT2D eigenvalue weighted by molar-refractivity contribution is 0.102. The van der Waals surface area contributed by atoms with Crippen molar-refractivity contribution in [1.82, 2.24) is 0 Å². The van der Waals surface area contributed by atoms with Crippen LogP contribution in [-0.4, -0.2) is 10.9 Å². The molecule has 2 aromatic carbocycles. The van der Waals surface area contributed by atoms with E-state index in [1.807, 2.05) is 0 Å². The van der Waals surface area contributed by atoms with Gasteiger partial charge in [-0.25, -0.2) is 4.39 Å². The lowest BCUT2D eigenvalue weighted by Crippen LogP contribution is -2.15. The Morgan fingerprint density at radius 2 is 2.05 bits per heavy atom. The van der Waals surface area contributed by atoms with Crippen LogP contribution in [0.2, 0.25) is 5.02 Å². The minimum Gasteiger partial charge on any atom is -0.389 e. The second-order valence-electron chi connectivity index (χ2n) is 4.45. The molecule has 0 bridgehead atoms. The van der Waals surface area contributed by atoms with Crippen LogP contribution in [0.4, 0.5) is 10.1 Å². The molecule has 0 aliphatic rings. The predicted octanol–water partition coefficient (Wildman–Crippen LogP) is 3.67. The number of rotatable bonds is 3. The minimum atomic E-state index is -0.613. The molecule has 0 saturated heterocycles. The molecule has 3 N–H and O–H groups in total. The average molecular weight is 323 g/mol. The summed E-state index contributed by atoms with van der Waals surface area (Å²) in [6, 6.07) is 9.20. The van der Waals surface area contributed by atoms with Gasteiger partial charge >= 0.3 is 0 Å². The third-order valence-corrected chi connectivity index (χ3v) is 3.68. The maximum Gasteiger partial charge on any atom is 0.257 e. The Bertz CT molecular complexity index is 734. The summed E-state index contributed by atoms with van der Waals surface area (Å²) in [4.78, 5) is 12.2. The maximum atomic E-state index is 13.9. The highest BCUT2D eigenvalue weighted by atomic mass is 35.5. The maximum absolute atomic E-state index is 13.9. The van der Waals surface area contributed by atoms with Crippen LogP contribution in [0.25, 0.3) is 0 Å². The van der Waals surface area contributed by atoms with Crippen molar-refractivity contribution in [3.05, 3.63) is 63.9 Å². The normalized spacial score (nSPS) is 10.2. The second-order valence-corrected chi connectivity index (χ2v) is 5.27. The molecule has 6 heteroatoms. The number of thiocarbonyl (C=S) groups is 1. The topological polar surface area (TPSA) is 55.1 Å². The first-order valence-corrected chi connectivity index (χ1v) is 6.84. The number of aryl methyl sites for hydroxylation is 1. The third kappa shape index (κ3) is 3.37. The fraction of sp³-hybridized carbons (Fsp3) is 0.0667. The molecule has 21 heavy (non-hydrogen) atoms. The molecule has 0 aliphatic heterocycles. The van der Waals surface area contributed by atoms with Crippen LogP contribution in [0.1, 0.15) is 21.5 Å². The molecule has 2 aromatic rings. The molecule has 0 unspecified atom stereocenters. The highest BCUT2D eigenvalue weighted by molar-refractivity contribution is 7.80. The number of nitrogens with two attached hydrogens (primary N) is 1. The summed E-state index contributed by atoms with van der Waals surface area (Å²) >= 11 is 10.8. The SMILES string of the molecule is Cc1cccc(C(=O)Nc2ccc(C(N)=S)cc2F)c1Cl. The van der Waals surface area contributed by atoms with Crippen molar-refractivity contribution in [3.8, 4) is 0 Å². The van der Waals surface area contributed by atoms with E-state index >= 15 is 0 Å². The molecule has 1 amide bonds. The molecule has 2 rings (SSSR count). The molecule has 0 aromatic heterocycles. The molecule has 108 valence electrons. The van der Waals surface area contributed by atoms with Gasteiger partial charge in [-0.3, -0.25) is 4.79 Å². The van der Waals surface area contributed by atoms with E-state index in [0.717, 1.165) is 5.56 Å². The van der Waals surface area contributed by atoms with Gasteiger partial charge in [-0.05, 0) is 36.8 Å².